The molecule has 68 valence electrons. The van der Waals surface area contributed by atoms with Crippen molar-refractivity contribution in [2.45, 2.75) is 46.6 Å². The van der Waals surface area contributed by atoms with Gasteiger partial charge in [0.1, 0.15) is 0 Å². The summed E-state index contributed by atoms with van der Waals surface area (Å²) in [7, 11) is 1.81. The molecule has 0 aromatic heterocycles. The van der Waals surface area contributed by atoms with Crippen LogP contribution in [0.5, 0.6) is 0 Å². The molecule has 2 atom stereocenters. The third-order valence-corrected chi connectivity index (χ3v) is 2.38. The molecule has 0 aliphatic carbocycles. The predicted octanol–water partition coefficient (Wildman–Crippen LogP) is 3.09. The minimum Gasteiger partial charge on any atom is -0.381 e. The van der Waals surface area contributed by atoms with Crippen molar-refractivity contribution in [2.75, 3.05) is 7.11 Å². The van der Waals surface area contributed by atoms with Gasteiger partial charge in [0.15, 0.2) is 0 Å². The molecule has 0 bridgehead atoms. The van der Waals surface area contributed by atoms with Crippen LogP contribution in [0.25, 0.3) is 0 Å². The van der Waals surface area contributed by atoms with Gasteiger partial charge in [0.05, 0.1) is 6.10 Å². The molecule has 0 aromatic carbocycles. The number of rotatable bonds is 5. The van der Waals surface area contributed by atoms with Gasteiger partial charge >= 0.3 is 0 Å². The van der Waals surface area contributed by atoms with Crippen molar-refractivity contribution in [1.82, 2.24) is 0 Å². The second-order valence-electron chi connectivity index (χ2n) is 3.77. The largest absolute Gasteiger partial charge is 0.381 e. The summed E-state index contributed by atoms with van der Waals surface area (Å²) in [6.45, 7) is 8.96. The van der Waals surface area contributed by atoms with Crippen LogP contribution in [-0.2, 0) is 4.74 Å². The molecule has 0 aliphatic rings. The van der Waals surface area contributed by atoms with Crippen molar-refractivity contribution in [1.29, 1.82) is 0 Å². The van der Waals surface area contributed by atoms with Crippen LogP contribution in [0.1, 0.15) is 40.5 Å². The van der Waals surface area contributed by atoms with E-state index in [1.165, 1.54) is 12.8 Å². The maximum atomic E-state index is 5.38. The van der Waals surface area contributed by atoms with Crippen LogP contribution in [0, 0.1) is 11.8 Å². The van der Waals surface area contributed by atoms with Crippen molar-refractivity contribution in [3.63, 3.8) is 0 Å². The van der Waals surface area contributed by atoms with E-state index in [1.54, 1.807) is 0 Å². The summed E-state index contributed by atoms with van der Waals surface area (Å²) in [6, 6.07) is 0. The van der Waals surface area contributed by atoms with E-state index in [0.717, 1.165) is 5.92 Å². The van der Waals surface area contributed by atoms with Gasteiger partial charge in [-0.05, 0) is 18.3 Å². The van der Waals surface area contributed by atoms with Crippen molar-refractivity contribution >= 4 is 0 Å². The lowest BCUT2D eigenvalue weighted by Gasteiger charge is -2.22. The fraction of sp³-hybridized carbons (Fsp3) is 1.00. The molecule has 2 unspecified atom stereocenters. The Kier molecular flexibility index (Phi) is 5.57. The average molecular weight is 158 g/mol. The molecule has 0 amide bonds. The Morgan fingerprint density at radius 2 is 1.73 bits per heavy atom. The molecule has 0 N–H and O–H groups in total. The summed E-state index contributed by atoms with van der Waals surface area (Å²) < 4.78 is 5.38. The van der Waals surface area contributed by atoms with E-state index in [1.807, 2.05) is 7.11 Å². The highest BCUT2D eigenvalue weighted by molar-refractivity contribution is 4.65. The van der Waals surface area contributed by atoms with Crippen molar-refractivity contribution in [2.24, 2.45) is 11.8 Å². The number of ether oxygens (including phenoxy) is 1. The lowest BCUT2D eigenvalue weighted by Crippen LogP contribution is -2.20. The van der Waals surface area contributed by atoms with Crippen LogP contribution in [0.4, 0.5) is 0 Å². The number of hydrogen-bond acceptors (Lipinski definition) is 1. The first-order valence-electron chi connectivity index (χ1n) is 4.64. The lowest BCUT2D eigenvalue weighted by molar-refractivity contribution is 0.0460. The first-order chi connectivity index (χ1) is 5.11. The summed E-state index contributed by atoms with van der Waals surface area (Å²) in [4.78, 5) is 0. The standard InChI is InChI=1S/C10H22O/c1-6-9(4)7-10(11-5)8(2)3/h8-10H,6-7H2,1-5H3. The molecule has 0 fully saturated rings. The van der Waals surface area contributed by atoms with Gasteiger partial charge in [-0.15, -0.1) is 0 Å². The smallest absolute Gasteiger partial charge is 0.0596 e. The first kappa shape index (κ1) is 11.0. The van der Waals surface area contributed by atoms with E-state index in [9.17, 15) is 0 Å². The predicted molar refractivity (Wildman–Crippen MR) is 49.7 cm³/mol. The Hall–Kier alpha value is -0.0400. The Morgan fingerprint density at radius 1 is 1.18 bits per heavy atom. The van der Waals surface area contributed by atoms with E-state index in [0.29, 0.717) is 12.0 Å². The van der Waals surface area contributed by atoms with Crippen LogP contribution in [-0.4, -0.2) is 13.2 Å². The summed E-state index contributed by atoms with van der Waals surface area (Å²) in [5.74, 6) is 1.44. The van der Waals surface area contributed by atoms with Crippen LogP contribution >= 0.6 is 0 Å². The minimum absolute atomic E-state index is 0.449. The van der Waals surface area contributed by atoms with Gasteiger partial charge < -0.3 is 4.74 Å². The molecule has 1 heteroatoms. The highest BCUT2D eigenvalue weighted by Crippen LogP contribution is 2.17. The highest BCUT2D eigenvalue weighted by atomic mass is 16.5. The van der Waals surface area contributed by atoms with E-state index >= 15 is 0 Å². The molecule has 0 heterocycles. The minimum atomic E-state index is 0.449. The molecular formula is C10H22O. The summed E-state index contributed by atoms with van der Waals surface area (Å²) >= 11 is 0. The fourth-order valence-electron chi connectivity index (χ4n) is 1.20. The van der Waals surface area contributed by atoms with Crippen LogP contribution in [0.2, 0.25) is 0 Å². The third-order valence-electron chi connectivity index (χ3n) is 2.38. The fourth-order valence-corrected chi connectivity index (χ4v) is 1.20. The number of hydrogen-bond donors (Lipinski definition) is 0. The van der Waals surface area contributed by atoms with E-state index < -0.39 is 0 Å². The monoisotopic (exact) mass is 158 g/mol. The molecule has 0 radical (unpaired) electrons. The van der Waals surface area contributed by atoms with Gasteiger partial charge in [-0.3, -0.25) is 0 Å². The molecule has 0 saturated heterocycles. The molecule has 0 aromatic rings. The Balaban J connectivity index is 3.68. The van der Waals surface area contributed by atoms with Crippen molar-refractivity contribution in [3.8, 4) is 0 Å². The SMILES string of the molecule is CCC(C)CC(OC)C(C)C. The molecule has 0 aliphatic heterocycles. The molecule has 0 saturated carbocycles. The van der Waals surface area contributed by atoms with Gasteiger partial charge in [-0.25, -0.2) is 0 Å². The highest BCUT2D eigenvalue weighted by Gasteiger charge is 2.14. The normalized spacial score (nSPS) is 16.9. The van der Waals surface area contributed by atoms with Crippen molar-refractivity contribution in [3.05, 3.63) is 0 Å². The van der Waals surface area contributed by atoms with Gasteiger partial charge in [-0.1, -0.05) is 34.1 Å². The lowest BCUT2D eigenvalue weighted by atomic mass is 9.94. The quantitative estimate of drug-likeness (QED) is 0.597. The maximum Gasteiger partial charge on any atom is 0.0596 e. The second kappa shape index (κ2) is 5.59. The van der Waals surface area contributed by atoms with E-state index in [4.69, 9.17) is 4.74 Å². The summed E-state index contributed by atoms with van der Waals surface area (Å²) in [6.07, 6.45) is 2.90. The van der Waals surface area contributed by atoms with E-state index in [-0.39, 0.29) is 0 Å². The Labute approximate surface area is 71.1 Å². The molecule has 11 heavy (non-hydrogen) atoms. The van der Waals surface area contributed by atoms with Crippen LogP contribution in [0.3, 0.4) is 0 Å². The van der Waals surface area contributed by atoms with Gasteiger partial charge in [0, 0.05) is 7.11 Å². The second-order valence-corrected chi connectivity index (χ2v) is 3.77. The summed E-state index contributed by atoms with van der Waals surface area (Å²) in [5, 5.41) is 0. The number of methoxy groups -OCH3 is 1. The average Bonchev–Trinajstić information content (AvgIpc) is 1.99. The zero-order valence-electron chi connectivity index (χ0n) is 8.55. The van der Waals surface area contributed by atoms with Gasteiger partial charge in [0.25, 0.3) is 0 Å². The maximum absolute atomic E-state index is 5.38. The van der Waals surface area contributed by atoms with Crippen LogP contribution in [0.15, 0.2) is 0 Å². The topological polar surface area (TPSA) is 9.23 Å². The Morgan fingerprint density at radius 3 is 2.00 bits per heavy atom. The first-order valence-corrected chi connectivity index (χ1v) is 4.64. The molecular weight excluding hydrogens is 136 g/mol. The molecule has 0 spiro atoms. The van der Waals surface area contributed by atoms with Crippen molar-refractivity contribution < 1.29 is 4.74 Å². The van der Waals surface area contributed by atoms with E-state index in [2.05, 4.69) is 27.7 Å². The van der Waals surface area contributed by atoms with Gasteiger partial charge in [0.2, 0.25) is 0 Å². The molecule has 1 nitrogen and oxygen atoms in total. The summed E-state index contributed by atoms with van der Waals surface area (Å²) in [5.41, 5.74) is 0. The Bertz CT molecular complexity index is 88.9. The zero-order valence-corrected chi connectivity index (χ0v) is 8.55. The molecule has 0 rings (SSSR count). The zero-order chi connectivity index (χ0) is 8.85. The van der Waals surface area contributed by atoms with Crippen LogP contribution < -0.4 is 0 Å². The van der Waals surface area contributed by atoms with Gasteiger partial charge in [-0.2, -0.15) is 0 Å². The third kappa shape index (κ3) is 4.41.